The molecule has 0 bridgehead atoms. The minimum Gasteiger partial charge on any atom is -0.492 e. The number of halogens is 1. The fourth-order valence-corrected chi connectivity index (χ4v) is 2.58. The van der Waals surface area contributed by atoms with Crippen LogP contribution in [-0.2, 0) is 14.6 Å². The maximum Gasteiger partial charge on any atom is 0.239 e. The zero-order valence-electron chi connectivity index (χ0n) is 12.7. The Labute approximate surface area is 136 Å². The lowest BCUT2D eigenvalue weighted by Gasteiger charge is -2.21. The number of ether oxygens (including phenoxy) is 1. The van der Waals surface area contributed by atoms with Gasteiger partial charge in [0.2, 0.25) is 5.91 Å². The largest absolute Gasteiger partial charge is 0.492 e. The Kier molecular flexibility index (Phi) is 7.12. The predicted molar refractivity (Wildman–Crippen MR) is 86.9 cm³/mol. The van der Waals surface area contributed by atoms with Gasteiger partial charge < -0.3 is 15.4 Å². The van der Waals surface area contributed by atoms with Crippen LogP contribution in [0.25, 0.3) is 0 Å². The topological polar surface area (TPSA) is 89.7 Å². The van der Waals surface area contributed by atoms with Crippen LogP contribution in [0.5, 0.6) is 5.75 Å². The molecule has 0 aromatic heterocycles. The van der Waals surface area contributed by atoms with Gasteiger partial charge in [-0.3, -0.25) is 4.79 Å². The van der Waals surface area contributed by atoms with E-state index in [-0.39, 0.29) is 18.1 Å². The number of hydrogen-bond acceptors (Lipinski definition) is 5. The average molecular weight is 349 g/mol. The molecule has 1 unspecified atom stereocenters. The summed E-state index contributed by atoms with van der Waals surface area (Å²) in [5.74, 6) is 0.209. The number of amides is 1. The number of likely N-dealkylation sites (N-methyl/N-ethyl adjacent to an activating group) is 1. The standard InChI is InChI=1S/C14H21ClN2O4S/c1-17(14(18)13(16)6-9-22(2,19)20)7-8-21-12-5-3-4-11(15)10-12/h3-5,10,13H,6-9,16H2,1-2H3. The van der Waals surface area contributed by atoms with Gasteiger partial charge in [-0.15, -0.1) is 0 Å². The molecule has 0 fully saturated rings. The average Bonchev–Trinajstić information content (AvgIpc) is 2.43. The van der Waals surface area contributed by atoms with Gasteiger partial charge in [-0.05, 0) is 24.6 Å². The molecule has 8 heteroatoms. The molecule has 1 rings (SSSR count). The number of carbonyl (C=O) groups excluding carboxylic acids is 1. The lowest BCUT2D eigenvalue weighted by Crippen LogP contribution is -2.44. The molecular formula is C14H21ClN2O4S. The van der Waals surface area contributed by atoms with Crippen LogP contribution < -0.4 is 10.5 Å². The first kappa shape index (κ1) is 18.7. The van der Waals surface area contributed by atoms with E-state index in [0.717, 1.165) is 6.26 Å². The van der Waals surface area contributed by atoms with E-state index in [0.29, 0.717) is 23.9 Å². The van der Waals surface area contributed by atoms with Crippen molar-refractivity contribution in [2.24, 2.45) is 5.73 Å². The first-order chi connectivity index (χ1) is 10.2. The number of benzene rings is 1. The van der Waals surface area contributed by atoms with E-state index in [4.69, 9.17) is 22.1 Å². The normalized spacial score (nSPS) is 12.7. The van der Waals surface area contributed by atoms with Gasteiger partial charge >= 0.3 is 0 Å². The van der Waals surface area contributed by atoms with Crippen molar-refractivity contribution in [2.75, 3.05) is 32.2 Å². The monoisotopic (exact) mass is 348 g/mol. The fraction of sp³-hybridized carbons (Fsp3) is 0.500. The summed E-state index contributed by atoms with van der Waals surface area (Å²) in [5.41, 5.74) is 5.71. The second kappa shape index (κ2) is 8.36. The first-order valence-electron chi connectivity index (χ1n) is 6.75. The second-order valence-electron chi connectivity index (χ2n) is 5.09. The summed E-state index contributed by atoms with van der Waals surface area (Å²) < 4.78 is 27.6. The third-order valence-corrected chi connectivity index (χ3v) is 4.20. The molecule has 22 heavy (non-hydrogen) atoms. The van der Waals surface area contributed by atoms with Crippen molar-refractivity contribution >= 4 is 27.3 Å². The molecule has 0 aliphatic rings. The highest BCUT2D eigenvalue weighted by molar-refractivity contribution is 7.90. The molecule has 2 N–H and O–H groups in total. The summed E-state index contributed by atoms with van der Waals surface area (Å²) in [4.78, 5) is 13.4. The molecule has 124 valence electrons. The first-order valence-corrected chi connectivity index (χ1v) is 9.19. The van der Waals surface area contributed by atoms with Crippen molar-refractivity contribution in [1.29, 1.82) is 0 Å². The summed E-state index contributed by atoms with van der Waals surface area (Å²) in [7, 11) is -1.52. The Morgan fingerprint density at radius 2 is 2.14 bits per heavy atom. The maximum atomic E-state index is 12.0. The molecule has 0 saturated carbocycles. The second-order valence-corrected chi connectivity index (χ2v) is 7.79. The molecule has 1 aromatic carbocycles. The van der Waals surface area contributed by atoms with Gasteiger partial charge in [-0.1, -0.05) is 17.7 Å². The fourth-order valence-electron chi connectivity index (χ4n) is 1.71. The summed E-state index contributed by atoms with van der Waals surface area (Å²) in [6.07, 6.45) is 1.23. The molecule has 0 radical (unpaired) electrons. The zero-order chi connectivity index (χ0) is 16.8. The number of nitrogens with two attached hydrogens (primary N) is 1. The Balaban J connectivity index is 2.37. The van der Waals surface area contributed by atoms with Crippen LogP contribution in [0.1, 0.15) is 6.42 Å². The number of hydrogen-bond donors (Lipinski definition) is 1. The van der Waals surface area contributed by atoms with Crippen LogP contribution in [0, 0.1) is 0 Å². The van der Waals surface area contributed by atoms with E-state index in [1.54, 1.807) is 31.3 Å². The van der Waals surface area contributed by atoms with Crippen LogP contribution in [0.3, 0.4) is 0 Å². The molecule has 6 nitrogen and oxygen atoms in total. The van der Waals surface area contributed by atoms with Crippen molar-refractivity contribution in [2.45, 2.75) is 12.5 Å². The van der Waals surface area contributed by atoms with Crippen LogP contribution in [0.15, 0.2) is 24.3 Å². The van der Waals surface area contributed by atoms with Gasteiger partial charge in [-0.25, -0.2) is 8.42 Å². The molecule has 0 spiro atoms. The Hall–Kier alpha value is -1.31. The van der Waals surface area contributed by atoms with Crippen LogP contribution >= 0.6 is 11.6 Å². The number of carbonyl (C=O) groups is 1. The highest BCUT2D eigenvalue weighted by atomic mass is 35.5. The van der Waals surface area contributed by atoms with Crippen molar-refractivity contribution < 1.29 is 17.9 Å². The number of rotatable bonds is 8. The van der Waals surface area contributed by atoms with E-state index in [1.807, 2.05) is 0 Å². The highest BCUT2D eigenvalue weighted by Gasteiger charge is 2.19. The van der Waals surface area contributed by atoms with Crippen molar-refractivity contribution in [3.8, 4) is 5.75 Å². The van der Waals surface area contributed by atoms with Crippen molar-refractivity contribution in [1.82, 2.24) is 4.90 Å². The third-order valence-electron chi connectivity index (χ3n) is 2.98. The molecule has 1 amide bonds. The van der Waals surface area contributed by atoms with Crippen LogP contribution in [0.4, 0.5) is 0 Å². The SMILES string of the molecule is CN(CCOc1cccc(Cl)c1)C(=O)C(N)CCS(C)(=O)=O. The molecule has 0 aliphatic heterocycles. The summed E-state index contributed by atoms with van der Waals surface area (Å²) in [5, 5.41) is 0.574. The zero-order valence-corrected chi connectivity index (χ0v) is 14.2. The molecule has 0 heterocycles. The van der Waals surface area contributed by atoms with Crippen LogP contribution in [-0.4, -0.2) is 57.5 Å². The molecular weight excluding hydrogens is 328 g/mol. The van der Waals surface area contributed by atoms with Gasteiger partial charge in [0.25, 0.3) is 0 Å². The van der Waals surface area contributed by atoms with Gasteiger partial charge in [0.15, 0.2) is 0 Å². The molecule has 0 saturated heterocycles. The van der Waals surface area contributed by atoms with E-state index in [2.05, 4.69) is 0 Å². The minimum absolute atomic E-state index is 0.104. The quantitative estimate of drug-likeness (QED) is 0.755. The van der Waals surface area contributed by atoms with Crippen molar-refractivity contribution in [3.63, 3.8) is 0 Å². The Morgan fingerprint density at radius 1 is 1.45 bits per heavy atom. The Morgan fingerprint density at radius 3 is 2.73 bits per heavy atom. The van der Waals surface area contributed by atoms with Gasteiger partial charge in [0, 0.05) is 18.3 Å². The lowest BCUT2D eigenvalue weighted by molar-refractivity contribution is -0.131. The number of sulfone groups is 1. The van der Waals surface area contributed by atoms with E-state index in [9.17, 15) is 13.2 Å². The van der Waals surface area contributed by atoms with Crippen molar-refractivity contribution in [3.05, 3.63) is 29.3 Å². The smallest absolute Gasteiger partial charge is 0.239 e. The van der Waals surface area contributed by atoms with E-state index in [1.165, 1.54) is 4.90 Å². The summed E-state index contributed by atoms with van der Waals surface area (Å²) >= 11 is 5.84. The van der Waals surface area contributed by atoms with E-state index < -0.39 is 15.9 Å². The molecule has 0 aliphatic carbocycles. The minimum atomic E-state index is -3.12. The predicted octanol–water partition coefficient (Wildman–Crippen LogP) is 0.939. The Bertz CT molecular complexity index is 607. The summed E-state index contributed by atoms with van der Waals surface area (Å²) in [6.45, 7) is 0.638. The van der Waals surface area contributed by atoms with E-state index >= 15 is 0 Å². The maximum absolute atomic E-state index is 12.0. The van der Waals surface area contributed by atoms with Gasteiger partial charge in [-0.2, -0.15) is 0 Å². The van der Waals surface area contributed by atoms with Gasteiger partial charge in [0.05, 0.1) is 18.3 Å². The van der Waals surface area contributed by atoms with Gasteiger partial charge in [0.1, 0.15) is 22.2 Å². The number of nitrogens with zero attached hydrogens (tertiary/aromatic N) is 1. The summed E-state index contributed by atoms with van der Waals surface area (Å²) in [6, 6.07) is 6.14. The molecule has 1 aromatic rings. The lowest BCUT2D eigenvalue weighted by atomic mass is 10.2. The third kappa shape index (κ3) is 7.11. The molecule has 1 atom stereocenters. The van der Waals surface area contributed by atoms with Crippen LogP contribution in [0.2, 0.25) is 5.02 Å². The highest BCUT2D eigenvalue weighted by Crippen LogP contribution is 2.16.